The molecule has 1 saturated heterocycles. The van der Waals surface area contributed by atoms with E-state index in [9.17, 15) is 13.6 Å². The number of anilines is 1. The second kappa shape index (κ2) is 8.26. The van der Waals surface area contributed by atoms with Gasteiger partial charge in [0.25, 0.3) is 0 Å². The Kier molecular flexibility index (Phi) is 7.01. The molecule has 0 saturated carbocycles. The molecule has 0 atom stereocenters. The molecular weight excluding hydrogens is 300 g/mol. The van der Waals surface area contributed by atoms with Crippen LogP contribution < -0.4 is 11.1 Å². The number of hydrogen-bond acceptors (Lipinski definition) is 3. The van der Waals surface area contributed by atoms with Crippen LogP contribution in [0.2, 0.25) is 0 Å². The van der Waals surface area contributed by atoms with E-state index in [-0.39, 0.29) is 30.5 Å². The number of likely N-dealkylation sites (tertiary alicyclic amines) is 1. The van der Waals surface area contributed by atoms with Gasteiger partial charge in [-0.15, -0.1) is 12.4 Å². The van der Waals surface area contributed by atoms with Gasteiger partial charge in [0.2, 0.25) is 5.91 Å². The molecule has 1 aromatic carbocycles. The van der Waals surface area contributed by atoms with Crippen LogP contribution in [0, 0.1) is 17.6 Å². The average Bonchev–Trinajstić information content (AvgIpc) is 2.38. The topological polar surface area (TPSA) is 58.4 Å². The molecule has 0 radical (unpaired) electrons. The van der Waals surface area contributed by atoms with Crippen molar-refractivity contribution in [2.24, 2.45) is 11.7 Å². The Hall–Kier alpha value is -1.24. The third-order valence-corrected chi connectivity index (χ3v) is 3.55. The molecule has 0 spiro atoms. The molecule has 0 aliphatic carbocycles. The molecular formula is C14H20ClF2N3O. The maximum atomic E-state index is 13.0. The van der Waals surface area contributed by atoms with Gasteiger partial charge in [-0.2, -0.15) is 0 Å². The van der Waals surface area contributed by atoms with E-state index in [4.69, 9.17) is 5.73 Å². The van der Waals surface area contributed by atoms with Crippen molar-refractivity contribution < 1.29 is 13.6 Å². The fourth-order valence-corrected chi connectivity index (χ4v) is 2.41. The third-order valence-electron chi connectivity index (χ3n) is 3.55. The zero-order valence-electron chi connectivity index (χ0n) is 11.6. The molecule has 1 aliphatic heterocycles. The first kappa shape index (κ1) is 17.8. The first-order valence-electron chi connectivity index (χ1n) is 6.75. The lowest BCUT2D eigenvalue weighted by atomic mass is 9.97. The van der Waals surface area contributed by atoms with Gasteiger partial charge in [0, 0.05) is 11.8 Å². The monoisotopic (exact) mass is 319 g/mol. The fourth-order valence-electron chi connectivity index (χ4n) is 2.41. The van der Waals surface area contributed by atoms with Crippen LogP contribution in [0.3, 0.4) is 0 Å². The summed E-state index contributed by atoms with van der Waals surface area (Å²) in [7, 11) is 0. The quantitative estimate of drug-likeness (QED) is 0.892. The van der Waals surface area contributed by atoms with Crippen molar-refractivity contribution in [3.8, 4) is 0 Å². The maximum Gasteiger partial charge on any atom is 0.238 e. The van der Waals surface area contributed by atoms with Crippen LogP contribution in [0.5, 0.6) is 0 Å². The van der Waals surface area contributed by atoms with Gasteiger partial charge in [-0.25, -0.2) is 8.78 Å². The summed E-state index contributed by atoms with van der Waals surface area (Å²) in [6.07, 6.45) is 1.97. The molecule has 1 fully saturated rings. The van der Waals surface area contributed by atoms with Crippen LogP contribution in [0.1, 0.15) is 12.8 Å². The van der Waals surface area contributed by atoms with Crippen LogP contribution in [0.15, 0.2) is 18.2 Å². The standard InChI is InChI=1S/C14H19F2N3O.ClH/c15-11-5-12(16)7-13(6-11)18-14(20)9-19-3-1-10(8-17)2-4-19;/h5-7,10H,1-4,8-9,17H2,(H,18,20);1H. The van der Waals surface area contributed by atoms with Gasteiger partial charge < -0.3 is 11.1 Å². The van der Waals surface area contributed by atoms with Crippen LogP contribution >= 0.6 is 12.4 Å². The highest BCUT2D eigenvalue weighted by Crippen LogP contribution is 2.16. The lowest BCUT2D eigenvalue weighted by molar-refractivity contribution is -0.117. The molecule has 1 amide bonds. The molecule has 21 heavy (non-hydrogen) atoms. The Morgan fingerprint density at radius 3 is 2.33 bits per heavy atom. The Labute approximate surface area is 129 Å². The summed E-state index contributed by atoms with van der Waals surface area (Å²) >= 11 is 0. The molecule has 2 rings (SSSR count). The average molecular weight is 320 g/mol. The fraction of sp³-hybridized carbons (Fsp3) is 0.500. The summed E-state index contributed by atoms with van der Waals surface area (Å²) in [5, 5.41) is 2.51. The number of nitrogens with one attached hydrogen (secondary N) is 1. The van der Waals surface area contributed by atoms with Crippen LogP contribution in [0.25, 0.3) is 0 Å². The molecule has 1 heterocycles. The minimum absolute atomic E-state index is 0. The predicted octanol–water partition coefficient (Wildman–Crippen LogP) is 2.00. The summed E-state index contributed by atoms with van der Waals surface area (Å²) in [5.74, 6) is -1.14. The lowest BCUT2D eigenvalue weighted by Crippen LogP contribution is -2.40. The van der Waals surface area contributed by atoms with Crippen molar-refractivity contribution in [3.63, 3.8) is 0 Å². The number of rotatable bonds is 4. The van der Waals surface area contributed by atoms with Crippen molar-refractivity contribution in [3.05, 3.63) is 29.8 Å². The number of nitrogens with two attached hydrogens (primary N) is 1. The smallest absolute Gasteiger partial charge is 0.238 e. The number of nitrogens with zero attached hydrogens (tertiary/aromatic N) is 1. The first-order chi connectivity index (χ1) is 9.56. The van der Waals surface area contributed by atoms with Crippen LogP contribution in [0.4, 0.5) is 14.5 Å². The van der Waals surface area contributed by atoms with E-state index in [1.807, 2.05) is 4.90 Å². The second-order valence-electron chi connectivity index (χ2n) is 5.16. The number of amides is 1. The maximum absolute atomic E-state index is 13.0. The Morgan fingerprint density at radius 1 is 1.24 bits per heavy atom. The normalized spacial score (nSPS) is 16.3. The number of carbonyl (C=O) groups is 1. The molecule has 7 heteroatoms. The highest BCUT2D eigenvalue weighted by atomic mass is 35.5. The SMILES string of the molecule is Cl.NCC1CCN(CC(=O)Nc2cc(F)cc(F)c2)CC1. The molecule has 0 aromatic heterocycles. The van der Waals surface area contributed by atoms with Crippen LogP contribution in [-0.4, -0.2) is 37.0 Å². The summed E-state index contributed by atoms with van der Waals surface area (Å²) in [6, 6.07) is 2.97. The summed E-state index contributed by atoms with van der Waals surface area (Å²) in [6.45, 7) is 2.57. The third kappa shape index (κ3) is 5.57. The van der Waals surface area contributed by atoms with Gasteiger partial charge >= 0.3 is 0 Å². The minimum Gasteiger partial charge on any atom is -0.330 e. The van der Waals surface area contributed by atoms with Crippen LogP contribution in [-0.2, 0) is 4.79 Å². The zero-order valence-corrected chi connectivity index (χ0v) is 12.5. The van der Waals surface area contributed by atoms with Crippen molar-refractivity contribution >= 4 is 24.0 Å². The minimum atomic E-state index is -0.705. The van der Waals surface area contributed by atoms with E-state index in [0.29, 0.717) is 12.5 Å². The van der Waals surface area contributed by atoms with Gasteiger partial charge in [0.1, 0.15) is 11.6 Å². The van der Waals surface area contributed by atoms with Gasteiger partial charge in [-0.3, -0.25) is 9.69 Å². The van der Waals surface area contributed by atoms with Gasteiger partial charge in [0.05, 0.1) is 6.54 Å². The number of hydrogen-bond donors (Lipinski definition) is 2. The van der Waals surface area contributed by atoms with E-state index >= 15 is 0 Å². The highest BCUT2D eigenvalue weighted by Gasteiger charge is 2.19. The van der Waals surface area contributed by atoms with Gasteiger partial charge in [-0.1, -0.05) is 0 Å². The molecule has 1 aliphatic rings. The van der Waals surface area contributed by atoms with Crippen molar-refractivity contribution in [1.82, 2.24) is 4.90 Å². The van der Waals surface area contributed by atoms with E-state index in [2.05, 4.69) is 5.32 Å². The Morgan fingerprint density at radius 2 is 1.81 bits per heavy atom. The van der Waals surface area contributed by atoms with Crippen molar-refractivity contribution in [2.75, 3.05) is 31.5 Å². The molecule has 4 nitrogen and oxygen atoms in total. The summed E-state index contributed by atoms with van der Waals surface area (Å²) in [5.41, 5.74) is 5.75. The van der Waals surface area contributed by atoms with E-state index < -0.39 is 11.6 Å². The van der Waals surface area contributed by atoms with Crippen molar-refractivity contribution in [2.45, 2.75) is 12.8 Å². The Balaban J connectivity index is 0.00000220. The number of piperidine rings is 1. The van der Waals surface area contributed by atoms with Gasteiger partial charge in [0.15, 0.2) is 0 Å². The molecule has 0 unspecified atom stereocenters. The summed E-state index contributed by atoms with van der Waals surface area (Å²) in [4.78, 5) is 13.9. The number of carbonyl (C=O) groups excluding carboxylic acids is 1. The zero-order chi connectivity index (χ0) is 14.5. The van der Waals surface area contributed by atoms with Gasteiger partial charge in [-0.05, 0) is 50.5 Å². The number of benzene rings is 1. The largest absolute Gasteiger partial charge is 0.330 e. The highest BCUT2D eigenvalue weighted by molar-refractivity contribution is 5.92. The van der Waals surface area contributed by atoms with Crippen molar-refractivity contribution in [1.29, 1.82) is 0 Å². The lowest BCUT2D eigenvalue weighted by Gasteiger charge is -2.30. The summed E-state index contributed by atoms with van der Waals surface area (Å²) < 4.78 is 26.0. The Bertz CT molecular complexity index is 459. The number of halogens is 3. The molecule has 3 N–H and O–H groups in total. The second-order valence-corrected chi connectivity index (χ2v) is 5.16. The molecule has 1 aromatic rings. The first-order valence-corrected chi connectivity index (χ1v) is 6.75. The molecule has 0 bridgehead atoms. The van der Waals surface area contributed by atoms with E-state index in [0.717, 1.165) is 44.1 Å². The predicted molar refractivity (Wildman–Crippen MR) is 80.5 cm³/mol. The van der Waals surface area contributed by atoms with E-state index in [1.165, 1.54) is 0 Å². The van der Waals surface area contributed by atoms with E-state index in [1.54, 1.807) is 0 Å². The molecule has 118 valence electrons.